The van der Waals surface area contributed by atoms with Crippen LogP contribution in [-0.2, 0) is 9.84 Å². The first kappa shape index (κ1) is 12.2. The molecule has 8 heteroatoms. The summed E-state index contributed by atoms with van der Waals surface area (Å²) >= 11 is 1.44. The van der Waals surface area contributed by atoms with Crippen LogP contribution in [0.15, 0.2) is 29.6 Å². The molecule has 0 aliphatic heterocycles. The zero-order chi connectivity index (χ0) is 13.6. The quantitative estimate of drug-likeness (QED) is 0.717. The van der Waals surface area contributed by atoms with Gasteiger partial charge in [0, 0.05) is 23.7 Å². The maximum absolute atomic E-state index is 11.4. The Kier molecular flexibility index (Phi) is 2.64. The van der Waals surface area contributed by atoms with Crippen molar-refractivity contribution in [1.82, 2.24) is 19.6 Å². The summed E-state index contributed by atoms with van der Waals surface area (Å²) in [6.45, 7) is 1.77. The number of pyridine rings is 1. The molecule has 0 unspecified atom stereocenters. The molecule has 0 radical (unpaired) electrons. The highest BCUT2D eigenvalue weighted by Gasteiger charge is 2.14. The van der Waals surface area contributed by atoms with Gasteiger partial charge in [0.2, 0.25) is 4.96 Å². The Labute approximate surface area is 113 Å². The van der Waals surface area contributed by atoms with Gasteiger partial charge in [-0.05, 0) is 19.1 Å². The van der Waals surface area contributed by atoms with Gasteiger partial charge in [-0.25, -0.2) is 22.9 Å². The summed E-state index contributed by atoms with van der Waals surface area (Å²) in [6.07, 6.45) is 4.59. The number of hydrogen-bond donors (Lipinski definition) is 0. The molecule has 0 saturated carbocycles. The van der Waals surface area contributed by atoms with E-state index >= 15 is 0 Å². The molecule has 0 N–H and O–H groups in total. The van der Waals surface area contributed by atoms with Crippen molar-refractivity contribution in [2.75, 3.05) is 6.26 Å². The first-order valence-corrected chi connectivity index (χ1v) is 8.14. The zero-order valence-electron chi connectivity index (χ0n) is 10.2. The van der Waals surface area contributed by atoms with Gasteiger partial charge in [0.25, 0.3) is 0 Å². The highest BCUT2D eigenvalue weighted by atomic mass is 32.2. The largest absolute Gasteiger partial charge is 0.241 e. The monoisotopic (exact) mass is 294 g/mol. The summed E-state index contributed by atoms with van der Waals surface area (Å²) in [4.78, 5) is 9.07. The average Bonchev–Trinajstić information content (AvgIpc) is 2.87. The van der Waals surface area contributed by atoms with E-state index in [4.69, 9.17) is 0 Å². The third-order valence-corrected chi connectivity index (χ3v) is 4.60. The second-order valence-electron chi connectivity index (χ2n) is 4.12. The van der Waals surface area contributed by atoms with Crippen molar-refractivity contribution in [3.8, 4) is 10.6 Å². The summed E-state index contributed by atoms with van der Waals surface area (Å²) in [5.41, 5.74) is 1.46. The first-order valence-electron chi connectivity index (χ1n) is 5.43. The van der Waals surface area contributed by atoms with Crippen LogP contribution in [0.25, 0.3) is 15.5 Å². The van der Waals surface area contributed by atoms with Gasteiger partial charge in [0.05, 0.1) is 6.20 Å². The number of nitrogens with zero attached hydrogens (tertiary/aromatic N) is 4. The highest BCUT2D eigenvalue weighted by Crippen LogP contribution is 2.27. The minimum atomic E-state index is -3.28. The standard InChI is InChI=1S/C11H10N4O2S2/c1-7-8(3-4-9(13-7)19(2,16)17)10-14-15-6-5-12-11(15)18-10/h3-6H,1-2H3. The third-order valence-electron chi connectivity index (χ3n) is 2.65. The minimum Gasteiger partial charge on any atom is -0.241 e. The van der Waals surface area contributed by atoms with Crippen LogP contribution >= 0.6 is 11.3 Å². The van der Waals surface area contributed by atoms with Crippen LogP contribution in [0.3, 0.4) is 0 Å². The fraction of sp³-hybridized carbons (Fsp3) is 0.182. The lowest BCUT2D eigenvalue weighted by Crippen LogP contribution is -2.02. The number of fused-ring (bicyclic) bond motifs is 1. The molecule has 0 spiro atoms. The number of rotatable bonds is 2. The number of aromatic nitrogens is 4. The SMILES string of the molecule is Cc1nc(S(C)(=O)=O)ccc1-c1nn2ccnc2s1. The van der Waals surface area contributed by atoms with Crippen molar-refractivity contribution in [2.45, 2.75) is 11.9 Å². The van der Waals surface area contributed by atoms with Gasteiger partial charge >= 0.3 is 0 Å². The van der Waals surface area contributed by atoms with Crippen molar-refractivity contribution in [2.24, 2.45) is 0 Å². The van der Waals surface area contributed by atoms with Crippen LogP contribution in [0.2, 0.25) is 0 Å². The van der Waals surface area contributed by atoms with Gasteiger partial charge < -0.3 is 0 Å². The van der Waals surface area contributed by atoms with Gasteiger partial charge in [-0.15, -0.1) is 0 Å². The average molecular weight is 294 g/mol. The second-order valence-corrected chi connectivity index (χ2v) is 7.03. The number of sulfone groups is 1. The molecule has 3 rings (SSSR count). The van der Waals surface area contributed by atoms with Crippen LogP contribution < -0.4 is 0 Å². The maximum Gasteiger partial charge on any atom is 0.212 e. The van der Waals surface area contributed by atoms with Crippen molar-refractivity contribution in [1.29, 1.82) is 0 Å². The predicted octanol–water partition coefficient (Wildman–Crippen LogP) is 1.56. The van der Waals surface area contributed by atoms with Gasteiger partial charge in [0.1, 0.15) is 5.01 Å². The van der Waals surface area contributed by atoms with Crippen molar-refractivity contribution in [3.63, 3.8) is 0 Å². The molecule has 3 aromatic rings. The van der Waals surface area contributed by atoms with E-state index in [-0.39, 0.29) is 5.03 Å². The van der Waals surface area contributed by atoms with E-state index in [0.29, 0.717) is 5.69 Å². The molecular weight excluding hydrogens is 284 g/mol. The molecule has 0 aliphatic rings. The van der Waals surface area contributed by atoms with Gasteiger partial charge in [-0.2, -0.15) is 5.10 Å². The molecule has 0 aromatic carbocycles. The minimum absolute atomic E-state index is 0.0788. The lowest BCUT2D eigenvalue weighted by molar-refractivity contribution is 0.598. The Morgan fingerprint density at radius 2 is 2.11 bits per heavy atom. The Morgan fingerprint density at radius 3 is 2.74 bits per heavy atom. The molecule has 3 aromatic heterocycles. The maximum atomic E-state index is 11.4. The lowest BCUT2D eigenvalue weighted by Gasteiger charge is -2.03. The van der Waals surface area contributed by atoms with Crippen LogP contribution in [-0.4, -0.2) is 34.3 Å². The Hall–Kier alpha value is -1.80. The summed E-state index contributed by atoms with van der Waals surface area (Å²) < 4.78 is 24.6. The molecule has 0 bridgehead atoms. The van der Waals surface area contributed by atoms with E-state index < -0.39 is 9.84 Å². The number of imidazole rings is 1. The number of hydrogen-bond acceptors (Lipinski definition) is 6. The molecule has 0 fully saturated rings. The Morgan fingerprint density at radius 1 is 1.32 bits per heavy atom. The van der Waals surface area contributed by atoms with E-state index in [2.05, 4.69) is 15.1 Å². The fourth-order valence-corrected chi connectivity index (χ4v) is 3.27. The molecule has 0 aliphatic carbocycles. The Bertz CT molecular complexity index is 835. The molecule has 19 heavy (non-hydrogen) atoms. The van der Waals surface area contributed by atoms with Crippen LogP contribution in [0.5, 0.6) is 0 Å². The smallest absolute Gasteiger partial charge is 0.212 e. The van der Waals surface area contributed by atoms with Crippen LogP contribution in [0, 0.1) is 6.92 Å². The molecule has 98 valence electrons. The fourth-order valence-electron chi connectivity index (χ4n) is 1.72. The molecule has 0 saturated heterocycles. The van der Waals surface area contributed by atoms with Gasteiger partial charge in [-0.3, -0.25) is 0 Å². The van der Waals surface area contributed by atoms with E-state index in [0.717, 1.165) is 21.8 Å². The van der Waals surface area contributed by atoms with E-state index in [1.54, 1.807) is 29.9 Å². The summed E-state index contributed by atoms with van der Waals surface area (Å²) in [5.74, 6) is 0. The van der Waals surface area contributed by atoms with Crippen LogP contribution in [0.1, 0.15) is 5.69 Å². The summed E-state index contributed by atoms with van der Waals surface area (Å²) in [5, 5.41) is 5.23. The first-order chi connectivity index (χ1) is 8.95. The second kappa shape index (κ2) is 4.10. The van der Waals surface area contributed by atoms with Gasteiger partial charge in [-0.1, -0.05) is 11.3 Å². The Balaban J connectivity index is 2.13. The lowest BCUT2D eigenvalue weighted by atomic mass is 10.2. The third kappa shape index (κ3) is 2.13. The van der Waals surface area contributed by atoms with Crippen molar-refractivity contribution < 1.29 is 8.42 Å². The molecule has 6 nitrogen and oxygen atoms in total. The van der Waals surface area contributed by atoms with E-state index in [9.17, 15) is 8.42 Å². The van der Waals surface area contributed by atoms with E-state index in [1.165, 1.54) is 17.4 Å². The molecule has 3 heterocycles. The van der Waals surface area contributed by atoms with E-state index in [1.807, 2.05) is 0 Å². The summed E-state index contributed by atoms with van der Waals surface area (Å²) in [7, 11) is -3.28. The van der Waals surface area contributed by atoms with Gasteiger partial charge in [0.15, 0.2) is 14.9 Å². The molecular formula is C11H10N4O2S2. The topological polar surface area (TPSA) is 77.2 Å². The molecule has 0 atom stereocenters. The van der Waals surface area contributed by atoms with Crippen LogP contribution in [0.4, 0.5) is 0 Å². The van der Waals surface area contributed by atoms with Crippen molar-refractivity contribution in [3.05, 3.63) is 30.2 Å². The van der Waals surface area contributed by atoms with Crippen molar-refractivity contribution >= 4 is 26.1 Å². The zero-order valence-corrected chi connectivity index (χ0v) is 11.9. The predicted molar refractivity (Wildman–Crippen MR) is 71.9 cm³/mol. The number of aryl methyl sites for hydroxylation is 1. The normalized spacial score (nSPS) is 12.1. The highest BCUT2D eigenvalue weighted by molar-refractivity contribution is 7.90. The summed E-state index contributed by atoms with van der Waals surface area (Å²) in [6, 6.07) is 3.23. The molecule has 0 amide bonds.